The van der Waals surface area contributed by atoms with Gasteiger partial charge in [0.25, 0.3) is 0 Å². The van der Waals surface area contributed by atoms with Crippen LogP contribution in [-0.4, -0.2) is 0 Å². The summed E-state index contributed by atoms with van der Waals surface area (Å²) in [6.45, 7) is 0. The van der Waals surface area contributed by atoms with Crippen LogP contribution in [0.3, 0.4) is 0 Å². The van der Waals surface area contributed by atoms with Gasteiger partial charge in [-0.05, 0) is 0 Å². The van der Waals surface area contributed by atoms with Gasteiger partial charge >= 0.3 is 78.1 Å². The molecule has 1 rings (SSSR count). The van der Waals surface area contributed by atoms with Crippen molar-refractivity contribution in [2.75, 3.05) is 0 Å². The third kappa shape index (κ3) is 3.65. The van der Waals surface area contributed by atoms with Crippen molar-refractivity contribution in [2.24, 2.45) is 0 Å². The Bertz CT molecular complexity index is 255. The van der Waals surface area contributed by atoms with Gasteiger partial charge in [0.1, 0.15) is 0 Å². The first-order valence-corrected chi connectivity index (χ1v) is 5.59. The fourth-order valence-electron chi connectivity index (χ4n) is 0.860. The Labute approximate surface area is 90.6 Å². The SMILES string of the molecule is Cl.FC(F)(F)c1ccc([CH2][Zn])cc1. The number of halogens is 4. The molecule has 0 saturated heterocycles. The molecule has 1 aromatic rings. The third-order valence-corrected chi connectivity index (χ3v) is 2.78. The predicted octanol–water partition coefficient (Wildman–Crippen LogP) is 3.17. The molecule has 0 amide bonds. The summed E-state index contributed by atoms with van der Waals surface area (Å²) in [6, 6.07) is 5.33. The van der Waals surface area contributed by atoms with E-state index in [1.165, 1.54) is 12.1 Å². The van der Waals surface area contributed by atoms with E-state index in [0.717, 1.165) is 41.0 Å². The van der Waals surface area contributed by atoms with E-state index in [9.17, 15) is 13.2 Å². The van der Waals surface area contributed by atoms with Crippen LogP contribution in [0, 0.1) is 0 Å². The molecule has 0 aliphatic carbocycles. The summed E-state index contributed by atoms with van der Waals surface area (Å²) in [5, 5.41) is 0.887. The van der Waals surface area contributed by atoms with Gasteiger partial charge in [-0.3, -0.25) is 0 Å². The molecule has 0 atom stereocenters. The van der Waals surface area contributed by atoms with Gasteiger partial charge in [0.15, 0.2) is 0 Å². The standard InChI is InChI=1S/C8H6F3.ClH.Zn/c1-6-2-4-7(5-3-6)8(9,10)11;;/h2-5H,1H2;1H;. The van der Waals surface area contributed by atoms with Gasteiger partial charge in [0.05, 0.1) is 0 Å². The molecule has 5 heteroatoms. The second-order valence-electron chi connectivity index (χ2n) is 2.44. The second-order valence-corrected chi connectivity index (χ2v) is 3.49. The molecule has 1 aromatic carbocycles. The molecule has 0 heterocycles. The minimum absolute atomic E-state index is 0. The van der Waals surface area contributed by atoms with E-state index in [-0.39, 0.29) is 12.4 Å². The van der Waals surface area contributed by atoms with Crippen LogP contribution in [-0.2, 0) is 29.5 Å². The van der Waals surface area contributed by atoms with Crippen molar-refractivity contribution in [3.63, 3.8) is 0 Å². The van der Waals surface area contributed by atoms with Crippen LogP contribution in [0.1, 0.15) is 11.1 Å². The van der Waals surface area contributed by atoms with Crippen molar-refractivity contribution in [3.05, 3.63) is 35.4 Å². The molecule has 0 fully saturated rings. The van der Waals surface area contributed by atoms with Crippen LogP contribution in [0.25, 0.3) is 0 Å². The Morgan fingerprint density at radius 2 is 1.54 bits per heavy atom. The van der Waals surface area contributed by atoms with Gasteiger partial charge < -0.3 is 0 Å². The average molecular weight is 261 g/mol. The van der Waals surface area contributed by atoms with Crippen molar-refractivity contribution in [1.29, 1.82) is 0 Å². The van der Waals surface area contributed by atoms with Crippen molar-refractivity contribution >= 4 is 12.4 Å². The summed E-state index contributed by atoms with van der Waals surface area (Å²) in [7, 11) is 0. The zero-order valence-electron chi connectivity index (χ0n) is 6.77. The number of alkyl halides is 3. The molecule has 69 valence electrons. The van der Waals surface area contributed by atoms with Gasteiger partial charge in [-0.2, -0.15) is 0 Å². The van der Waals surface area contributed by atoms with E-state index in [1.54, 1.807) is 0 Å². The summed E-state index contributed by atoms with van der Waals surface area (Å²) in [5.41, 5.74) is 0.405. The first-order chi connectivity index (χ1) is 5.54. The summed E-state index contributed by atoms with van der Waals surface area (Å²) in [4.78, 5) is 0. The summed E-state index contributed by atoms with van der Waals surface area (Å²) >= 11 is 1.07. The molecule has 0 aliphatic rings. The fraction of sp³-hybridized carbons (Fsp3) is 0.250. The molecule has 0 bridgehead atoms. The Morgan fingerprint density at radius 1 is 1.08 bits per heavy atom. The van der Waals surface area contributed by atoms with Gasteiger partial charge in [-0.1, -0.05) is 0 Å². The predicted molar refractivity (Wildman–Crippen MR) is 42.4 cm³/mol. The van der Waals surface area contributed by atoms with Crippen LogP contribution < -0.4 is 0 Å². The molecule has 0 spiro atoms. The number of hydrogen-bond acceptors (Lipinski definition) is 0. The van der Waals surface area contributed by atoms with E-state index in [4.69, 9.17) is 0 Å². The van der Waals surface area contributed by atoms with Crippen molar-refractivity contribution in [2.45, 2.75) is 11.2 Å². The molecule has 0 unspecified atom stereocenters. The van der Waals surface area contributed by atoms with Crippen molar-refractivity contribution in [3.8, 4) is 0 Å². The minimum atomic E-state index is -4.21. The topological polar surface area (TPSA) is 0 Å². The maximum atomic E-state index is 12.0. The quantitative estimate of drug-likeness (QED) is 0.681. The Morgan fingerprint density at radius 3 is 1.85 bits per heavy atom. The molecule has 0 N–H and O–H groups in total. The van der Waals surface area contributed by atoms with Gasteiger partial charge in [0, 0.05) is 0 Å². The first kappa shape index (κ1) is 12.9. The zero-order chi connectivity index (χ0) is 9.19. The summed E-state index contributed by atoms with van der Waals surface area (Å²) < 4.78 is 36.1. The van der Waals surface area contributed by atoms with E-state index >= 15 is 0 Å². The number of hydrogen-bond donors (Lipinski definition) is 0. The van der Waals surface area contributed by atoms with Crippen LogP contribution in [0.15, 0.2) is 24.3 Å². The average Bonchev–Trinajstić information content (AvgIpc) is 2.03. The molecule has 0 saturated carbocycles. The normalized spacial score (nSPS) is 10.8. The maximum absolute atomic E-state index is 12.0. The Hall–Kier alpha value is -0.0766. The van der Waals surface area contributed by atoms with Gasteiger partial charge in [0.2, 0.25) is 0 Å². The number of benzene rings is 1. The zero-order valence-corrected chi connectivity index (χ0v) is 10.5. The van der Waals surface area contributed by atoms with E-state index in [0.29, 0.717) is 0 Å². The first-order valence-electron chi connectivity index (χ1n) is 3.49. The van der Waals surface area contributed by atoms with Crippen molar-refractivity contribution < 1.29 is 31.5 Å². The summed E-state index contributed by atoms with van der Waals surface area (Å²) in [5.74, 6) is 0. The summed E-state index contributed by atoms with van der Waals surface area (Å²) in [6.07, 6.45) is -4.21. The monoisotopic (exact) mass is 259 g/mol. The molecule has 0 radical (unpaired) electrons. The fourth-order valence-corrected chi connectivity index (χ4v) is 1.56. The van der Waals surface area contributed by atoms with Crippen LogP contribution in [0.2, 0.25) is 0 Å². The van der Waals surface area contributed by atoms with E-state index in [2.05, 4.69) is 0 Å². The van der Waals surface area contributed by atoms with Crippen LogP contribution in [0.5, 0.6) is 0 Å². The molecular weight excluding hydrogens is 254 g/mol. The van der Waals surface area contributed by atoms with Crippen LogP contribution >= 0.6 is 12.4 Å². The van der Waals surface area contributed by atoms with E-state index < -0.39 is 11.7 Å². The second kappa shape index (κ2) is 4.97. The molecular formula is C8H7ClF3Zn. The molecule has 0 aliphatic heterocycles. The molecule has 0 nitrogen and oxygen atoms in total. The van der Waals surface area contributed by atoms with Gasteiger partial charge in [-0.25, -0.2) is 0 Å². The Kier molecular flexibility index (Phi) is 4.94. The Balaban J connectivity index is 0.00000144. The van der Waals surface area contributed by atoms with Gasteiger partial charge in [-0.15, -0.1) is 12.4 Å². The van der Waals surface area contributed by atoms with Crippen molar-refractivity contribution in [1.82, 2.24) is 0 Å². The van der Waals surface area contributed by atoms with E-state index in [1.807, 2.05) is 0 Å². The molecule has 13 heavy (non-hydrogen) atoms. The third-order valence-electron chi connectivity index (χ3n) is 1.57. The van der Waals surface area contributed by atoms with Crippen LogP contribution in [0.4, 0.5) is 13.2 Å². The molecule has 0 aromatic heterocycles. The number of rotatable bonds is 1.